The van der Waals surface area contributed by atoms with Gasteiger partial charge in [-0.3, -0.25) is 9.59 Å². The van der Waals surface area contributed by atoms with E-state index in [0.29, 0.717) is 11.6 Å². The van der Waals surface area contributed by atoms with Crippen LogP contribution in [0.15, 0.2) is 48.6 Å². The van der Waals surface area contributed by atoms with Crippen LogP contribution in [0.5, 0.6) is 0 Å². The fraction of sp³-hybridized carbons (Fsp3) is 0.286. The van der Waals surface area contributed by atoms with Gasteiger partial charge in [-0.05, 0) is 81.0 Å². The van der Waals surface area contributed by atoms with Crippen molar-refractivity contribution in [1.29, 1.82) is 0 Å². The SMILES string of the molecule is O=C1C2C=CCc3c4c5c6c7c(c8c(c6c32)C1C=CC8)CC=CC7C(=O)C5C=CC4. The maximum Gasteiger partial charge on any atom is 0.155 e. The molecule has 6 aliphatic rings. The molecule has 0 aromatic heterocycles. The first-order chi connectivity index (χ1) is 14.8. The van der Waals surface area contributed by atoms with Crippen LogP contribution in [0.3, 0.4) is 0 Å². The van der Waals surface area contributed by atoms with Gasteiger partial charge in [-0.15, -0.1) is 0 Å². The van der Waals surface area contributed by atoms with E-state index in [-0.39, 0.29) is 23.7 Å². The Hall–Kier alpha value is -3.00. The van der Waals surface area contributed by atoms with E-state index in [2.05, 4.69) is 48.6 Å². The average Bonchev–Trinajstić information content (AvgIpc) is 2.80. The molecule has 2 nitrogen and oxygen atoms in total. The molecule has 30 heavy (non-hydrogen) atoms. The van der Waals surface area contributed by atoms with E-state index in [4.69, 9.17) is 0 Å². The molecule has 8 rings (SSSR count). The largest absolute Gasteiger partial charge is 0.298 e. The molecule has 0 radical (unpaired) electrons. The molecule has 0 aliphatic heterocycles. The van der Waals surface area contributed by atoms with Crippen molar-refractivity contribution >= 4 is 22.3 Å². The van der Waals surface area contributed by atoms with Gasteiger partial charge in [0.2, 0.25) is 0 Å². The molecule has 0 fully saturated rings. The Morgan fingerprint density at radius 2 is 0.733 bits per heavy atom. The highest BCUT2D eigenvalue weighted by molar-refractivity contribution is 6.16. The van der Waals surface area contributed by atoms with Crippen LogP contribution in [0.2, 0.25) is 0 Å². The second-order valence-corrected chi connectivity index (χ2v) is 9.56. The first-order valence-electron chi connectivity index (χ1n) is 11.2. The summed E-state index contributed by atoms with van der Waals surface area (Å²) >= 11 is 0. The smallest absolute Gasteiger partial charge is 0.155 e. The van der Waals surface area contributed by atoms with Crippen LogP contribution in [-0.4, -0.2) is 11.6 Å². The Kier molecular flexibility index (Phi) is 2.63. The molecule has 0 N–H and O–H groups in total. The lowest BCUT2D eigenvalue weighted by atomic mass is 9.59. The summed E-state index contributed by atoms with van der Waals surface area (Å²) in [5.74, 6) is 0.123. The van der Waals surface area contributed by atoms with Gasteiger partial charge in [-0.2, -0.15) is 0 Å². The van der Waals surface area contributed by atoms with E-state index >= 15 is 0 Å². The zero-order valence-electron chi connectivity index (χ0n) is 16.6. The van der Waals surface area contributed by atoms with Gasteiger partial charge < -0.3 is 0 Å². The lowest BCUT2D eigenvalue weighted by Gasteiger charge is -2.43. The van der Waals surface area contributed by atoms with E-state index in [1.807, 2.05) is 0 Å². The molecule has 2 aromatic rings. The van der Waals surface area contributed by atoms with Crippen LogP contribution in [0, 0.1) is 0 Å². The highest BCUT2D eigenvalue weighted by Crippen LogP contribution is 2.57. The predicted molar refractivity (Wildman–Crippen MR) is 116 cm³/mol. The van der Waals surface area contributed by atoms with Gasteiger partial charge >= 0.3 is 0 Å². The molecule has 2 heteroatoms. The number of Topliss-reactive ketones (excluding diaryl/α,β-unsaturated/α-hetero) is 2. The van der Waals surface area contributed by atoms with Crippen LogP contribution < -0.4 is 0 Å². The van der Waals surface area contributed by atoms with Crippen molar-refractivity contribution < 1.29 is 9.59 Å². The third-order valence-electron chi connectivity index (χ3n) is 8.43. The average molecular weight is 388 g/mol. The van der Waals surface area contributed by atoms with Gasteiger partial charge in [0.25, 0.3) is 0 Å². The Morgan fingerprint density at radius 1 is 0.467 bits per heavy atom. The van der Waals surface area contributed by atoms with Crippen molar-refractivity contribution in [3.63, 3.8) is 0 Å². The molecular formula is C28H20O2. The first kappa shape index (κ1) is 15.8. The highest BCUT2D eigenvalue weighted by Gasteiger charge is 2.47. The number of rotatable bonds is 0. The minimum Gasteiger partial charge on any atom is -0.298 e. The molecular weight excluding hydrogens is 368 g/mol. The zero-order valence-corrected chi connectivity index (χ0v) is 16.6. The quantitative estimate of drug-likeness (QED) is 0.608. The standard InChI is InChI=1S/C28H20O2/c29-27-17-9-1-5-13-14-6-2-11-19-22(14)26-24-16(8-4-12-20(24)28(19)30)15-7-3-10-18(27)23(15)25(26)21(13)17/h1-4,9-12,17-20H,5-8H2. The van der Waals surface area contributed by atoms with Gasteiger partial charge in [-0.1, -0.05) is 48.6 Å². The maximum absolute atomic E-state index is 13.6. The first-order valence-corrected chi connectivity index (χ1v) is 11.2. The Bertz CT molecular complexity index is 1190. The molecule has 0 saturated heterocycles. The van der Waals surface area contributed by atoms with E-state index in [1.165, 1.54) is 55.3 Å². The summed E-state index contributed by atoms with van der Waals surface area (Å²) in [7, 11) is 0. The van der Waals surface area contributed by atoms with Crippen LogP contribution in [0.25, 0.3) is 10.8 Å². The maximum atomic E-state index is 13.6. The van der Waals surface area contributed by atoms with Gasteiger partial charge in [0.1, 0.15) is 0 Å². The van der Waals surface area contributed by atoms with Crippen molar-refractivity contribution in [3.05, 3.63) is 93.1 Å². The number of fused-ring (bicyclic) bond motifs is 2. The van der Waals surface area contributed by atoms with Gasteiger partial charge in [-0.25, -0.2) is 0 Å². The lowest BCUT2D eigenvalue weighted by Crippen LogP contribution is -2.35. The molecule has 0 saturated carbocycles. The van der Waals surface area contributed by atoms with Crippen LogP contribution in [0.1, 0.15) is 68.2 Å². The molecule has 144 valence electrons. The molecule has 4 atom stereocenters. The molecule has 4 unspecified atom stereocenters. The number of carbonyl (C=O) groups is 2. The van der Waals surface area contributed by atoms with Crippen molar-refractivity contribution in [3.8, 4) is 0 Å². The Labute approximate surface area is 174 Å². The minimum absolute atomic E-state index is 0.134. The summed E-state index contributed by atoms with van der Waals surface area (Å²) in [6.45, 7) is 0. The number of benzene rings is 2. The summed E-state index contributed by atoms with van der Waals surface area (Å²) < 4.78 is 0. The van der Waals surface area contributed by atoms with Crippen molar-refractivity contribution in [2.75, 3.05) is 0 Å². The summed E-state index contributed by atoms with van der Waals surface area (Å²) in [6.07, 6.45) is 20.8. The number of hydrogen-bond acceptors (Lipinski definition) is 2. The molecule has 0 heterocycles. The topological polar surface area (TPSA) is 34.1 Å². The summed E-state index contributed by atoms with van der Waals surface area (Å²) in [5.41, 5.74) is 10.4. The third kappa shape index (κ3) is 1.53. The highest BCUT2D eigenvalue weighted by atomic mass is 16.1. The van der Waals surface area contributed by atoms with Gasteiger partial charge in [0.15, 0.2) is 11.6 Å². The molecule has 2 aromatic carbocycles. The number of allylic oxidation sites excluding steroid dienone is 8. The lowest BCUT2D eigenvalue weighted by molar-refractivity contribution is -0.121. The fourth-order valence-electron chi connectivity index (χ4n) is 7.40. The summed E-state index contributed by atoms with van der Waals surface area (Å²) in [4.78, 5) is 27.3. The zero-order chi connectivity index (χ0) is 19.7. The van der Waals surface area contributed by atoms with Gasteiger partial charge in [0.05, 0.1) is 23.7 Å². The second kappa shape index (κ2) is 5.00. The molecule has 0 spiro atoms. The van der Waals surface area contributed by atoms with Crippen LogP contribution >= 0.6 is 0 Å². The minimum atomic E-state index is -0.134. The van der Waals surface area contributed by atoms with E-state index in [1.54, 1.807) is 0 Å². The van der Waals surface area contributed by atoms with Crippen molar-refractivity contribution in [1.82, 2.24) is 0 Å². The Morgan fingerprint density at radius 3 is 1.00 bits per heavy atom. The molecule has 6 aliphatic carbocycles. The summed E-state index contributed by atoms with van der Waals surface area (Å²) in [6, 6.07) is 0. The monoisotopic (exact) mass is 388 g/mol. The normalized spacial score (nSPS) is 30.4. The van der Waals surface area contributed by atoms with Gasteiger partial charge in [0, 0.05) is 0 Å². The summed E-state index contributed by atoms with van der Waals surface area (Å²) in [5, 5.41) is 2.68. The van der Waals surface area contributed by atoms with E-state index in [0.717, 1.165) is 25.7 Å². The number of ketones is 2. The van der Waals surface area contributed by atoms with E-state index in [9.17, 15) is 9.59 Å². The Balaban J connectivity index is 1.69. The number of carbonyl (C=O) groups excluding carboxylic acids is 2. The third-order valence-corrected chi connectivity index (χ3v) is 8.43. The molecule has 0 amide bonds. The number of hydrogen-bond donors (Lipinski definition) is 0. The fourth-order valence-corrected chi connectivity index (χ4v) is 7.40. The predicted octanol–water partition coefficient (Wildman–Crippen LogP) is 4.79. The second-order valence-electron chi connectivity index (χ2n) is 9.56. The van der Waals surface area contributed by atoms with Crippen molar-refractivity contribution in [2.24, 2.45) is 0 Å². The van der Waals surface area contributed by atoms with E-state index < -0.39 is 0 Å². The van der Waals surface area contributed by atoms with Crippen LogP contribution in [0.4, 0.5) is 0 Å². The molecule has 0 bridgehead atoms. The van der Waals surface area contributed by atoms with Crippen LogP contribution in [-0.2, 0) is 35.3 Å². The van der Waals surface area contributed by atoms with Crippen molar-refractivity contribution in [2.45, 2.75) is 49.4 Å².